The zero-order valence-electron chi connectivity index (χ0n) is 17.1. The number of rotatable bonds is 4. The summed E-state index contributed by atoms with van der Waals surface area (Å²) in [7, 11) is 0. The van der Waals surface area contributed by atoms with E-state index in [-0.39, 0.29) is 30.9 Å². The van der Waals surface area contributed by atoms with E-state index in [1.807, 2.05) is 0 Å². The summed E-state index contributed by atoms with van der Waals surface area (Å²) in [6, 6.07) is 10.6. The van der Waals surface area contributed by atoms with Gasteiger partial charge in [0.1, 0.15) is 11.9 Å². The number of aromatic nitrogens is 2. The lowest BCUT2D eigenvalue weighted by Gasteiger charge is -2.24. The molecule has 9 nitrogen and oxygen atoms in total. The lowest BCUT2D eigenvalue weighted by atomic mass is 10.0. The largest absolute Gasteiger partial charge is 0.334 e. The van der Waals surface area contributed by atoms with Gasteiger partial charge in [0.2, 0.25) is 11.8 Å². The third-order valence-electron chi connectivity index (χ3n) is 5.22. The second kappa shape index (κ2) is 8.80. The summed E-state index contributed by atoms with van der Waals surface area (Å²) in [4.78, 5) is 53.5. The van der Waals surface area contributed by atoms with Crippen molar-refractivity contribution in [2.75, 3.05) is 5.32 Å². The van der Waals surface area contributed by atoms with Crippen LogP contribution in [0.25, 0.3) is 10.9 Å². The molecule has 10 heteroatoms. The first kappa shape index (κ1) is 21.5. The van der Waals surface area contributed by atoms with E-state index in [2.05, 4.69) is 20.9 Å². The third kappa shape index (κ3) is 4.47. The highest BCUT2D eigenvalue weighted by Crippen LogP contribution is 2.20. The van der Waals surface area contributed by atoms with Crippen LogP contribution < -0.4 is 21.5 Å². The molecule has 1 atom stereocenters. The molecule has 4 amide bonds. The van der Waals surface area contributed by atoms with Crippen LogP contribution in [-0.4, -0.2) is 27.4 Å². The Morgan fingerprint density at radius 2 is 1.94 bits per heavy atom. The quantitative estimate of drug-likeness (QED) is 0.524. The van der Waals surface area contributed by atoms with Crippen molar-refractivity contribution in [3.05, 3.63) is 69.2 Å². The summed E-state index contributed by atoms with van der Waals surface area (Å²) in [6.07, 6.45) is 0.401. The molecular weight excluding hydrogens is 434 g/mol. The SMILES string of the molecule is Cc1nc2ccc(CNC(=O)Nc3ccc(Cl)cc3)cc2c(=O)n1C1CCC(=O)NC1=O. The molecule has 0 spiro atoms. The Hall–Kier alpha value is -3.72. The van der Waals surface area contributed by atoms with E-state index in [0.29, 0.717) is 33.0 Å². The molecule has 3 aromatic rings. The molecular formula is C22H20ClN5O4. The second-order valence-electron chi connectivity index (χ2n) is 7.47. The second-order valence-corrected chi connectivity index (χ2v) is 7.90. The van der Waals surface area contributed by atoms with Crippen molar-refractivity contribution in [3.8, 4) is 0 Å². The van der Waals surface area contributed by atoms with Crippen LogP contribution in [0.15, 0.2) is 47.3 Å². The number of carbonyl (C=O) groups excluding carboxylic acids is 3. The van der Waals surface area contributed by atoms with Crippen LogP contribution >= 0.6 is 11.6 Å². The van der Waals surface area contributed by atoms with Gasteiger partial charge in [-0.2, -0.15) is 0 Å². The number of anilines is 1. The molecule has 1 aliphatic rings. The van der Waals surface area contributed by atoms with Gasteiger partial charge in [-0.1, -0.05) is 17.7 Å². The summed E-state index contributed by atoms with van der Waals surface area (Å²) in [5.74, 6) is -0.467. The zero-order valence-corrected chi connectivity index (χ0v) is 17.9. The standard InChI is InChI=1S/C22H20ClN5O4/c1-12-25-17-7-2-13(11-24-22(32)26-15-5-3-14(23)4-6-15)10-16(17)21(31)28(12)18-8-9-19(29)27-20(18)30/h2-7,10,18H,8-9,11H2,1H3,(H2,24,26,32)(H,27,29,30). The number of hydrogen-bond acceptors (Lipinski definition) is 5. The number of nitrogens with zero attached hydrogens (tertiary/aromatic N) is 2. The molecule has 2 heterocycles. The van der Waals surface area contributed by atoms with Gasteiger partial charge in [0.15, 0.2) is 0 Å². The summed E-state index contributed by atoms with van der Waals surface area (Å²) in [5, 5.41) is 8.60. The van der Waals surface area contributed by atoms with Crippen molar-refractivity contribution >= 4 is 46.0 Å². The van der Waals surface area contributed by atoms with Crippen molar-refractivity contribution < 1.29 is 14.4 Å². The van der Waals surface area contributed by atoms with E-state index in [4.69, 9.17) is 11.6 Å². The lowest BCUT2D eigenvalue weighted by molar-refractivity contribution is -0.135. The van der Waals surface area contributed by atoms with E-state index in [1.165, 1.54) is 4.57 Å². The molecule has 1 saturated heterocycles. The van der Waals surface area contributed by atoms with Crippen molar-refractivity contribution in [3.63, 3.8) is 0 Å². The number of fused-ring (bicyclic) bond motifs is 1. The van der Waals surface area contributed by atoms with E-state index < -0.39 is 18.0 Å². The molecule has 0 aliphatic carbocycles. The normalized spacial score (nSPS) is 16.0. The van der Waals surface area contributed by atoms with Crippen LogP contribution in [0, 0.1) is 6.92 Å². The summed E-state index contributed by atoms with van der Waals surface area (Å²) in [6.45, 7) is 1.84. The predicted molar refractivity (Wildman–Crippen MR) is 119 cm³/mol. The lowest BCUT2D eigenvalue weighted by Crippen LogP contribution is -2.45. The number of urea groups is 1. The van der Waals surface area contributed by atoms with Crippen molar-refractivity contribution in [2.24, 2.45) is 0 Å². The first-order valence-electron chi connectivity index (χ1n) is 9.98. The van der Waals surface area contributed by atoms with Gasteiger partial charge in [-0.15, -0.1) is 0 Å². The van der Waals surface area contributed by atoms with Gasteiger partial charge >= 0.3 is 6.03 Å². The van der Waals surface area contributed by atoms with Crippen LogP contribution in [-0.2, 0) is 16.1 Å². The minimum Gasteiger partial charge on any atom is -0.334 e. The molecule has 1 unspecified atom stereocenters. The van der Waals surface area contributed by atoms with Gasteiger partial charge in [0.05, 0.1) is 10.9 Å². The Kier molecular flexibility index (Phi) is 5.91. The Bertz CT molecular complexity index is 1290. The number of piperidine rings is 1. The predicted octanol–water partition coefficient (Wildman–Crippen LogP) is 2.66. The molecule has 164 valence electrons. The van der Waals surface area contributed by atoms with Crippen LogP contribution in [0.3, 0.4) is 0 Å². The topological polar surface area (TPSA) is 122 Å². The fraction of sp³-hybridized carbons (Fsp3) is 0.227. The van der Waals surface area contributed by atoms with E-state index in [0.717, 1.165) is 0 Å². The smallest absolute Gasteiger partial charge is 0.319 e. The Labute approximate surface area is 187 Å². The van der Waals surface area contributed by atoms with Crippen LogP contribution in [0.5, 0.6) is 0 Å². The van der Waals surface area contributed by atoms with E-state index in [9.17, 15) is 19.2 Å². The number of aryl methyl sites for hydroxylation is 1. The fourth-order valence-electron chi connectivity index (χ4n) is 3.65. The van der Waals surface area contributed by atoms with Gasteiger partial charge in [0.25, 0.3) is 5.56 Å². The molecule has 4 rings (SSSR count). The number of hydrogen-bond donors (Lipinski definition) is 3. The number of amides is 4. The molecule has 1 aliphatic heterocycles. The average Bonchev–Trinajstić information content (AvgIpc) is 2.75. The van der Waals surface area contributed by atoms with E-state index in [1.54, 1.807) is 49.4 Å². The maximum Gasteiger partial charge on any atom is 0.319 e. The van der Waals surface area contributed by atoms with Crippen LogP contribution in [0.2, 0.25) is 5.02 Å². The van der Waals surface area contributed by atoms with Crippen LogP contribution in [0.4, 0.5) is 10.5 Å². The number of imide groups is 1. The fourth-order valence-corrected chi connectivity index (χ4v) is 3.78. The van der Waals surface area contributed by atoms with Gasteiger partial charge in [0, 0.05) is 23.7 Å². The molecule has 0 bridgehead atoms. The van der Waals surface area contributed by atoms with E-state index >= 15 is 0 Å². The van der Waals surface area contributed by atoms with Gasteiger partial charge in [-0.25, -0.2) is 9.78 Å². The minimum absolute atomic E-state index is 0.160. The Morgan fingerprint density at radius 3 is 2.66 bits per heavy atom. The van der Waals surface area contributed by atoms with Gasteiger partial charge in [-0.05, 0) is 55.3 Å². The monoisotopic (exact) mass is 453 g/mol. The van der Waals surface area contributed by atoms with Crippen LogP contribution in [0.1, 0.15) is 30.3 Å². The molecule has 1 aromatic heterocycles. The number of benzene rings is 2. The average molecular weight is 454 g/mol. The highest BCUT2D eigenvalue weighted by atomic mass is 35.5. The Morgan fingerprint density at radius 1 is 1.19 bits per heavy atom. The number of nitrogens with one attached hydrogen (secondary N) is 3. The maximum atomic E-state index is 13.2. The number of halogens is 1. The summed E-state index contributed by atoms with van der Waals surface area (Å²) in [5.41, 5.74) is 1.42. The molecule has 3 N–H and O–H groups in total. The van der Waals surface area contributed by atoms with Crippen molar-refractivity contribution in [1.29, 1.82) is 0 Å². The van der Waals surface area contributed by atoms with Crippen molar-refractivity contribution in [2.45, 2.75) is 32.4 Å². The third-order valence-corrected chi connectivity index (χ3v) is 5.47. The van der Waals surface area contributed by atoms with Gasteiger partial charge in [-0.3, -0.25) is 24.3 Å². The first-order chi connectivity index (χ1) is 15.3. The molecule has 0 radical (unpaired) electrons. The minimum atomic E-state index is -0.788. The molecule has 32 heavy (non-hydrogen) atoms. The van der Waals surface area contributed by atoms with Gasteiger partial charge < -0.3 is 10.6 Å². The zero-order chi connectivity index (χ0) is 22.8. The Balaban J connectivity index is 1.54. The molecule has 0 saturated carbocycles. The highest BCUT2D eigenvalue weighted by Gasteiger charge is 2.30. The first-order valence-corrected chi connectivity index (χ1v) is 10.4. The summed E-state index contributed by atoms with van der Waals surface area (Å²) >= 11 is 5.84. The maximum absolute atomic E-state index is 13.2. The summed E-state index contributed by atoms with van der Waals surface area (Å²) < 4.78 is 1.33. The van der Waals surface area contributed by atoms with Crippen molar-refractivity contribution in [1.82, 2.24) is 20.2 Å². The molecule has 1 fully saturated rings. The highest BCUT2D eigenvalue weighted by molar-refractivity contribution is 6.30. The number of carbonyl (C=O) groups is 3. The molecule has 2 aromatic carbocycles.